The summed E-state index contributed by atoms with van der Waals surface area (Å²) >= 11 is 8.66. The van der Waals surface area contributed by atoms with Gasteiger partial charge in [0.1, 0.15) is 0 Å². The van der Waals surface area contributed by atoms with Crippen molar-refractivity contribution in [3.63, 3.8) is 0 Å². The van der Waals surface area contributed by atoms with E-state index in [9.17, 15) is 14.9 Å². The molecule has 2 aromatic carbocycles. The van der Waals surface area contributed by atoms with Crippen LogP contribution in [0, 0.1) is 11.3 Å². The number of hydrogen-bond donors (Lipinski definition) is 2. The summed E-state index contributed by atoms with van der Waals surface area (Å²) in [5.41, 5.74) is 3.20. The van der Waals surface area contributed by atoms with Crippen LogP contribution in [0.2, 0.25) is 5.02 Å². The molecule has 1 aromatic heterocycles. The van der Waals surface area contributed by atoms with Gasteiger partial charge < -0.3 is 10.6 Å². The van der Waals surface area contributed by atoms with Gasteiger partial charge in [0.25, 0.3) is 0 Å². The van der Waals surface area contributed by atoms with Gasteiger partial charge in [0.05, 0.1) is 38.6 Å². The van der Waals surface area contributed by atoms with Crippen molar-refractivity contribution in [1.82, 2.24) is 10.3 Å². The van der Waals surface area contributed by atoms with E-state index in [2.05, 4.69) is 21.7 Å². The molecule has 0 saturated heterocycles. The fraction of sp³-hybridized carbons (Fsp3) is 0.167. The van der Waals surface area contributed by atoms with E-state index in [4.69, 9.17) is 11.6 Å². The zero-order valence-electron chi connectivity index (χ0n) is 17.8. The molecule has 0 fully saturated rings. The summed E-state index contributed by atoms with van der Waals surface area (Å²) in [5, 5.41) is 17.6. The highest BCUT2D eigenvalue weighted by atomic mass is 35.5. The van der Waals surface area contributed by atoms with E-state index in [0.717, 1.165) is 15.8 Å². The van der Waals surface area contributed by atoms with Crippen LogP contribution in [0.15, 0.2) is 70.4 Å². The van der Waals surface area contributed by atoms with Crippen LogP contribution in [0.25, 0.3) is 10.2 Å². The number of nitriles is 1. The highest BCUT2D eigenvalue weighted by Crippen LogP contribution is 2.41. The van der Waals surface area contributed by atoms with Crippen molar-refractivity contribution in [3.8, 4) is 6.07 Å². The van der Waals surface area contributed by atoms with Crippen LogP contribution in [0.4, 0.5) is 5.13 Å². The summed E-state index contributed by atoms with van der Waals surface area (Å²) in [7, 11) is 0. The summed E-state index contributed by atoms with van der Waals surface area (Å²) in [6.45, 7) is 3.29. The predicted octanol–water partition coefficient (Wildman–Crippen LogP) is 5.61. The van der Waals surface area contributed by atoms with Crippen molar-refractivity contribution >= 4 is 61.7 Å². The number of para-hydroxylation sites is 1. The van der Waals surface area contributed by atoms with E-state index in [-0.39, 0.29) is 17.4 Å². The molecule has 0 saturated carbocycles. The number of halogens is 1. The molecule has 4 rings (SSSR count). The second kappa shape index (κ2) is 9.79. The lowest BCUT2D eigenvalue weighted by atomic mass is 9.81. The van der Waals surface area contributed by atoms with Crippen molar-refractivity contribution in [2.45, 2.75) is 19.8 Å². The summed E-state index contributed by atoms with van der Waals surface area (Å²) in [4.78, 5) is 29.4. The number of aromatic nitrogens is 1. The zero-order chi connectivity index (χ0) is 23.5. The average molecular weight is 495 g/mol. The number of carbonyl (C=O) groups excluding carboxylic acids is 2. The number of nitrogens with one attached hydrogen (secondary N) is 2. The maximum Gasteiger partial charge on any atom is 0.236 e. The monoisotopic (exact) mass is 494 g/mol. The summed E-state index contributed by atoms with van der Waals surface area (Å²) in [5.74, 6) is -0.793. The van der Waals surface area contributed by atoms with Gasteiger partial charge in [-0.25, -0.2) is 4.98 Å². The van der Waals surface area contributed by atoms with Crippen molar-refractivity contribution < 1.29 is 9.59 Å². The van der Waals surface area contributed by atoms with Gasteiger partial charge in [0.15, 0.2) is 10.9 Å². The predicted molar refractivity (Wildman–Crippen MR) is 134 cm³/mol. The van der Waals surface area contributed by atoms with Gasteiger partial charge in [-0.05, 0) is 43.7 Å². The first-order chi connectivity index (χ1) is 15.9. The van der Waals surface area contributed by atoms with Crippen LogP contribution in [0.3, 0.4) is 0 Å². The number of amides is 1. The van der Waals surface area contributed by atoms with Gasteiger partial charge in [-0.15, -0.1) is 0 Å². The number of hydrogen-bond acceptors (Lipinski definition) is 7. The quantitative estimate of drug-likeness (QED) is 0.462. The molecular weight excluding hydrogens is 476 g/mol. The number of fused-ring (bicyclic) bond motifs is 1. The minimum Gasteiger partial charge on any atom is -0.353 e. The molecular formula is C24H19ClN4O2S2. The van der Waals surface area contributed by atoms with E-state index in [1.165, 1.54) is 30.0 Å². The van der Waals surface area contributed by atoms with Crippen LogP contribution in [-0.2, 0) is 9.59 Å². The smallest absolute Gasteiger partial charge is 0.236 e. The maximum absolute atomic E-state index is 12.6. The Kier molecular flexibility index (Phi) is 6.84. The SMILES string of the molecule is CC(=O)C1=C(C)NC(SCC(=O)Nc2nc3ccccc3s2)=C(C#N)[C@H]1c1ccc(Cl)cc1. The molecule has 0 aliphatic carbocycles. The van der Waals surface area contributed by atoms with Crippen LogP contribution >= 0.6 is 34.7 Å². The number of dihydropyridines is 1. The van der Waals surface area contributed by atoms with E-state index < -0.39 is 5.92 Å². The number of thiazole rings is 1. The van der Waals surface area contributed by atoms with Crippen molar-refractivity contribution in [2.75, 3.05) is 11.1 Å². The Morgan fingerprint density at radius 2 is 1.97 bits per heavy atom. The molecule has 6 nitrogen and oxygen atoms in total. The third-order valence-corrected chi connectivity index (χ3v) is 7.34. The van der Waals surface area contributed by atoms with Crippen LogP contribution < -0.4 is 10.6 Å². The lowest BCUT2D eigenvalue weighted by Gasteiger charge is -2.29. The number of rotatable bonds is 6. The van der Waals surface area contributed by atoms with Crippen LogP contribution in [0.1, 0.15) is 25.3 Å². The molecule has 1 atom stereocenters. The van der Waals surface area contributed by atoms with Gasteiger partial charge >= 0.3 is 0 Å². The van der Waals surface area contributed by atoms with Gasteiger partial charge in [-0.2, -0.15) is 5.26 Å². The number of Topliss-reactive ketones (excluding diaryl/α,β-unsaturated/α-hetero) is 1. The Morgan fingerprint density at radius 1 is 1.24 bits per heavy atom. The third-order valence-electron chi connectivity index (χ3n) is 5.12. The number of nitrogens with zero attached hydrogens (tertiary/aromatic N) is 2. The molecule has 9 heteroatoms. The standard InChI is InChI=1S/C24H19ClN4O2S2/c1-13-21(14(2)30)22(15-7-9-16(25)10-8-15)17(11-26)23(27-13)32-12-20(31)29-24-28-18-5-3-4-6-19(18)33-24/h3-10,22,27H,12H2,1-2H3,(H,28,29,31)/t22-/m1/s1. The van der Waals surface area contributed by atoms with E-state index >= 15 is 0 Å². The highest BCUT2D eigenvalue weighted by molar-refractivity contribution is 8.03. The molecule has 1 amide bonds. The average Bonchev–Trinajstić information content (AvgIpc) is 3.19. The Labute approximate surface area is 204 Å². The maximum atomic E-state index is 12.6. The minimum atomic E-state index is -0.527. The summed E-state index contributed by atoms with van der Waals surface area (Å²) < 4.78 is 0.993. The molecule has 166 valence electrons. The number of thioether (sulfide) groups is 1. The molecule has 0 spiro atoms. The molecule has 33 heavy (non-hydrogen) atoms. The minimum absolute atomic E-state index is 0.0828. The number of benzene rings is 2. The Balaban J connectivity index is 1.57. The van der Waals surface area contributed by atoms with Crippen molar-refractivity contribution in [1.29, 1.82) is 5.26 Å². The molecule has 2 N–H and O–H groups in total. The van der Waals surface area contributed by atoms with Crippen molar-refractivity contribution in [2.24, 2.45) is 0 Å². The Morgan fingerprint density at radius 3 is 2.64 bits per heavy atom. The number of anilines is 1. The van der Waals surface area contributed by atoms with E-state index in [1.807, 2.05) is 36.4 Å². The lowest BCUT2D eigenvalue weighted by Crippen LogP contribution is -2.27. The summed E-state index contributed by atoms with van der Waals surface area (Å²) in [6, 6.07) is 17.0. The topological polar surface area (TPSA) is 94.9 Å². The second-order valence-corrected chi connectivity index (χ2v) is 9.84. The largest absolute Gasteiger partial charge is 0.353 e. The van der Waals surface area contributed by atoms with Gasteiger partial charge in [0.2, 0.25) is 5.91 Å². The lowest BCUT2D eigenvalue weighted by molar-refractivity contribution is -0.114. The molecule has 3 aromatic rings. The van der Waals surface area contributed by atoms with E-state index in [1.54, 1.807) is 19.1 Å². The molecule has 0 bridgehead atoms. The van der Waals surface area contributed by atoms with Gasteiger partial charge in [-0.3, -0.25) is 9.59 Å². The summed E-state index contributed by atoms with van der Waals surface area (Å²) in [6.07, 6.45) is 0. The van der Waals surface area contributed by atoms with Crippen LogP contribution in [0.5, 0.6) is 0 Å². The van der Waals surface area contributed by atoms with Crippen molar-refractivity contribution in [3.05, 3.63) is 81.0 Å². The van der Waals surface area contributed by atoms with Crippen LogP contribution in [-0.4, -0.2) is 22.4 Å². The Hall–Kier alpha value is -3.12. The molecule has 0 unspecified atom stereocenters. The fourth-order valence-electron chi connectivity index (χ4n) is 3.70. The zero-order valence-corrected chi connectivity index (χ0v) is 20.2. The molecule has 0 radical (unpaired) electrons. The number of carbonyl (C=O) groups is 2. The third kappa shape index (κ3) is 4.96. The van der Waals surface area contributed by atoms with Gasteiger partial charge in [-0.1, -0.05) is 59.0 Å². The fourth-order valence-corrected chi connectivity index (χ4v) is 5.60. The number of allylic oxidation sites excluding steroid dienone is 3. The van der Waals surface area contributed by atoms with E-state index in [0.29, 0.717) is 32.0 Å². The number of ketones is 1. The first kappa shape index (κ1) is 23.1. The first-order valence-electron chi connectivity index (χ1n) is 10.0. The molecule has 2 heterocycles. The highest BCUT2D eigenvalue weighted by Gasteiger charge is 2.33. The first-order valence-corrected chi connectivity index (χ1v) is 12.2. The molecule has 1 aliphatic heterocycles. The Bertz CT molecular complexity index is 1320. The molecule has 1 aliphatic rings. The normalized spacial score (nSPS) is 15.9. The second-order valence-electron chi connectivity index (χ2n) is 7.38. The van der Waals surface area contributed by atoms with Gasteiger partial charge in [0, 0.05) is 16.3 Å².